The lowest BCUT2D eigenvalue weighted by molar-refractivity contribution is 0.915. The predicted molar refractivity (Wildman–Crippen MR) is 60.8 cm³/mol. The van der Waals surface area contributed by atoms with E-state index in [0.29, 0.717) is 12.6 Å². The summed E-state index contributed by atoms with van der Waals surface area (Å²) >= 11 is 6.18. The van der Waals surface area contributed by atoms with Crippen molar-refractivity contribution in [3.8, 4) is 0 Å². The zero-order valence-electron chi connectivity index (χ0n) is 8.33. The molecule has 1 aromatic rings. The zero-order valence-corrected chi connectivity index (χ0v) is 9.09. The lowest BCUT2D eigenvalue weighted by Gasteiger charge is -2.20. The first-order chi connectivity index (χ1) is 6.72. The second-order valence-corrected chi connectivity index (χ2v) is 4.24. The van der Waals surface area contributed by atoms with Crippen molar-refractivity contribution < 1.29 is 0 Å². The fourth-order valence-corrected chi connectivity index (χ4v) is 1.96. The second-order valence-electron chi connectivity index (χ2n) is 3.83. The van der Waals surface area contributed by atoms with E-state index in [0.717, 1.165) is 16.3 Å². The van der Waals surface area contributed by atoms with Gasteiger partial charge in [-0.25, -0.2) is 0 Å². The van der Waals surface area contributed by atoms with Crippen LogP contribution >= 0.6 is 11.6 Å². The van der Waals surface area contributed by atoms with Crippen molar-refractivity contribution in [2.24, 2.45) is 5.73 Å². The van der Waals surface area contributed by atoms with E-state index in [2.05, 4.69) is 18.0 Å². The highest BCUT2D eigenvalue weighted by Crippen LogP contribution is 2.34. The Balaban J connectivity index is 2.24. The molecule has 3 heteroatoms. The molecule has 0 heterocycles. The predicted octanol–water partition coefficient (Wildman–Crippen LogP) is 2.40. The Kier molecular flexibility index (Phi) is 2.66. The molecular weight excluding hydrogens is 196 g/mol. The molecule has 2 nitrogen and oxygen atoms in total. The summed E-state index contributed by atoms with van der Waals surface area (Å²) < 4.78 is 0. The molecule has 0 bridgehead atoms. The lowest BCUT2D eigenvalue weighted by atomic mass is 10.2. The maximum atomic E-state index is 6.18. The van der Waals surface area contributed by atoms with Gasteiger partial charge in [0.15, 0.2) is 0 Å². The second kappa shape index (κ2) is 3.79. The molecule has 1 aromatic carbocycles. The molecule has 0 spiro atoms. The molecule has 0 amide bonds. The minimum Gasteiger partial charge on any atom is -0.370 e. The summed E-state index contributed by atoms with van der Waals surface area (Å²) in [5.74, 6) is 0. The Morgan fingerprint density at radius 2 is 2.21 bits per heavy atom. The van der Waals surface area contributed by atoms with E-state index >= 15 is 0 Å². The summed E-state index contributed by atoms with van der Waals surface area (Å²) in [6.45, 7) is 0.549. The van der Waals surface area contributed by atoms with Crippen LogP contribution in [-0.2, 0) is 6.54 Å². The number of nitrogens with two attached hydrogens (primary N) is 1. The van der Waals surface area contributed by atoms with Gasteiger partial charge in [-0.3, -0.25) is 0 Å². The highest BCUT2D eigenvalue weighted by Gasteiger charge is 2.27. The van der Waals surface area contributed by atoms with Gasteiger partial charge in [0.2, 0.25) is 0 Å². The van der Waals surface area contributed by atoms with E-state index in [9.17, 15) is 0 Å². The Hall–Kier alpha value is -0.730. The molecule has 2 rings (SSSR count). The largest absolute Gasteiger partial charge is 0.370 e. The molecule has 0 aromatic heterocycles. The molecule has 0 saturated heterocycles. The van der Waals surface area contributed by atoms with Crippen LogP contribution in [0.1, 0.15) is 18.4 Å². The molecule has 0 radical (unpaired) electrons. The molecule has 0 aliphatic heterocycles. The third-order valence-electron chi connectivity index (χ3n) is 2.72. The molecule has 1 aliphatic rings. The average Bonchev–Trinajstić information content (AvgIpc) is 3.00. The number of benzene rings is 1. The molecule has 0 atom stereocenters. The first kappa shape index (κ1) is 9.81. The summed E-state index contributed by atoms with van der Waals surface area (Å²) in [5.41, 5.74) is 7.75. The van der Waals surface area contributed by atoms with Gasteiger partial charge in [0.25, 0.3) is 0 Å². The van der Waals surface area contributed by atoms with Crippen molar-refractivity contribution in [1.82, 2.24) is 0 Å². The van der Waals surface area contributed by atoms with E-state index in [1.807, 2.05) is 12.1 Å². The van der Waals surface area contributed by atoms with Gasteiger partial charge in [0.1, 0.15) is 0 Å². The molecule has 1 fully saturated rings. The van der Waals surface area contributed by atoms with Crippen LogP contribution in [0.4, 0.5) is 5.69 Å². The fourth-order valence-electron chi connectivity index (χ4n) is 1.62. The monoisotopic (exact) mass is 210 g/mol. The topological polar surface area (TPSA) is 29.3 Å². The molecule has 14 heavy (non-hydrogen) atoms. The van der Waals surface area contributed by atoms with Gasteiger partial charge in [-0.15, -0.1) is 0 Å². The maximum absolute atomic E-state index is 6.18. The van der Waals surface area contributed by atoms with Gasteiger partial charge in [0.05, 0.1) is 10.7 Å². The highest BCUT2D eigenvalue weighted by atomic mass is 35.5. The third-order valence-corrected chi connectivity index (χ3v) is 3.03. The van der Waals surface area contributed by atoms with Crippen molar-refractivity contribution >= 4 is 17.3 Å². The first-order valence-corrected chi connectivity index (χ1v) is 5.31. The van der Waals surface area contributed by atoms with E-state index in [1.54, 1.807) is 0 Å². The van der Waals surface area contributed by atoms with Crippen molar-refractivity contribution in [2.75, 3.05) is 11.9 Å². The average molecular weight is 211 g/mol. The van der Waals surface area contributed by atoms with Crippen LogP contribution in [0.3, 0.4) is 0 Å². The van der Waals surface area contributed by atoms with Crippen molar-refractivity contribution in [1.29, 1.82) is 0 Å². The SMILES string of the molecule is CN(c1ccc(CN)cc1Cl)C1CC1. The molecule has 76 valence electrons. The standard InChI is InChI=1S/C11H15ClN2/c1-14(9-3-4-9)11-5-2-8(7-13)6-10(11)12/h2,5-6,9H,3-4,7,13H2,1H3. The number of nitrogens with zero attached hydrogens (tertiary/aromatic N) is 1. The van der Waals surface area contributed by atoms with Gasteiger partial charge in [-0.2, -0.15) is 0 Å². The number of rotatable bonds is 3. The number of hydrogen-bond donors (Lipinski definition) is 1. The Morgan fingerprint density at radius 3 is 2.71 bits per heavy atom. The van der Waals surface area contributed by atoms with Gasteiger partial charge >= 0.3 is 0 Å². The van der Waals surface area contributed by atoms with Crippen LogP contribution in [0.15, 0.2) is 18.2 Å². The van der Waals surface area contributed by atoms with Crippen molar-refractivity contribution in [3.05, 3.63) is 28.8 Å². The minimum absolute atomic E-state index is 0.549. The van der Waals surface area contributed by atoms with Crippen LogP contribution in [0.5, 0.6) is 0 Å². The molecule has 1 aliphatic carbocycles. The number of hydrogen-bond acceptors (Lipinski definition) is 2. The minimum atomic E-state index is 0.549. The quantitative estimate of drug-likeness (QED) is 0.830. The van der Waals surface area contributed by atoms with Crippen LogP contribution in [-0.4, -0.2) is 13.1 Å². The van der Waals surface area contributed by atoms with E-state index in [-0.39, 0.29) is 0 Å². The smallest absolute Gasteiger partial charge is 0.0642 e. The summed E-state index contributed by atoms with van der Waals surface area (Å²) in [6, 6.07) is 6.75. The fraction of sp³-hybridized carbons (Fsp3) is 0.455. The first-order valence-electron chi connectivity index (χ1n) is 4.93. The highest BCUT2D eigenvalue weighted by molar-refractivity contribution is 6.33. The summed E-state index contributed by atoms with van der Waals surface area (Å²) in [6.07, 6.45) is 2.57. The Morgan fingerprint density at radius 1 is 1.50 bits per heavy atom. The maximum Gasteiger partial charge on any atom is 0.0642 e. The van der Waals surface area contributed by atoms with Gasteiger partial charge in [-0.1, -0.05) is 17.7 Å². The van der Waals surface area contributed by atoms with Gasteiger partial charge in [0, 0.05) is 19.6 Å². The number of halogens is 1. The van der Waals surface area contributed by atoms with E-state index in [1.165, 1.54) is 12.8 Å². The molecule has 0 unspecified atom stereocenters. The summed E-state index contributed by atoms with van der Waals surface area (Å²) in [7, 11) is 2.10. The Bertz CT molecular complexity index is 334. The van der Waals surface area contributed by atoms with Crippen molar-refractivity contribution in [2.45, 2.75) is 25.4 Å². The van der Waals surface area contributed by atoms with Crippen molar-refractivity contribution in [3.63, 3.8) is 0 Å². The van der Waals surface area contributed by atoms with Crippen LogP contribution in [0, 0.1) is 0 Å². The molecule has 2 N–H and O–H groups in total. The normalized spacial score (nSPS) is 15.6. The zero-order chi connectivity index (χ0) is 10.1. The van der Waals surface area contributed by atoms with E-state index in [4.69, 9.17) is 17.3 Å². The van der Waals surface area contributed by atoms with Crippen LogP contribution in [0.2, 0.25) is 5.02 Å². The number of anilines is 1. The van der Waals surface area contributed by atoms with Gasteiger partial charge < -0.3 is 10.6 Å². The van der Waals surface area contributed by atoms with Crippen LogP contribution < -0.4 is 10.6 Å². The summed E-state index contributed by atoms with van der Waals surface area (Å²) in [5, 5.41) is 0.808. The van der Waals surface area contributed by atoms with Crippen LogP contribution in [0.25, 0.3) is 0 Å². The Labute approximate surface area is 89.7 Å². The summed E-state index contributed by atoms with van der Waals surface area (Å²) in [4.78, 5) is 2.25. The van der Waals surface area contributed by atoms with Gasteiger partial charge in [-0.05, 0) is 30.5 Å². The van der Waals surface area contributed by atoms with E-state index < -0.39 is 0 Å². The molecule has 1 saturated carbocycles. The molecular formula is C11H15ClN2. The lowest BCUT2D eigenvalue weighted by Crippen LogP contribution is -2.19. The third kappa shape index (κ3) is 1.86.